The van der Waals surface area contributed by atoms with E-state index in [1.165, 1.54) is 12.8 Å². The van der Waals surface area contributed by atoms with Crippen molar-refractivity contribution in [2.75, 3.05) is 38.7 Å². The summed E-state index contributed by atoms with van der Waals surface area (Å²) in [6.45, 7) is 3.15. The molecule has 0 radical (unpaired) electrons. The molecule has 1 aromatic rings. The minimum absolute atomic E-state index is 0.0443. The molecule has 1 aromatic heterocycles. The van der Waals surface area contributed by atoms with Crippen molar-refractivity contribution in [2.45, 2.75) is 32.1 Å². The first-order chi connectivity index (χ1) is 10.3. The zero-order valence-corrected chi connectivity index (χ0v) is 12.7. The maximum atomic E-state index is 12.4. The van der Waals surface area contributed by atoms with Crippen molar-refractivity contribution >= 4 is 11.9 Å². The Hall–Kier alpha value is -1.69. The van der Waals surface area contributed by atoms with Crippen LogP contribution in [0, 0.1) is 0 Å². The zero-order valence-electron chi connectivity index (χ0n) is 12.7. The number of carbonyl (C=O) groups excluding carboxylic acids is 1. The van der Waals surface area contributed by atoms with Crippen LogP contribution in [-0.2, 0) is 4.74 Å². The Bertz CT molecular complexity index is 428. The lowest BCUT2D eigenvalue weighted by Gasteiger charge is -2.19. The first-order valence-corrected chi connectivity index (χ1v) is 7.65. The fourth-order valence-corrected chi connectivity index (χ4v) is 2.40. The first kappa shape index (κ1) is 15.7. The lowest BCUT2D eigenvalue weighted by Crippen LogP contribution is -2.32. The largest absolute Gasteiger partial charge is 0.385 e. The van der Waals surface area contributed by atoms with Crippen molar-refractivity contribution < 1.29 is 9.53 Å². The van der Waals surface area contributed by atoms with Crippen LogP contribution in [0.4, 0.5) is 5.95 Å². The minimum Gasteiger partial charge on any atom is -0.385 e. The second-order valence-electron chi connectivity index (χ2n) is 5.27. The van der Waals surface area contributed by atoms with E-state index in [4.69, 9.17) is 4.74 Å². The number of aromatic nitrogens is 2. The molecule has 1 amide bonds. The highest BCUT2D eigenvalue weighted by molar-refractivity contribution is 5.93. The van der Waals surface area contributed by atoms with Gasteiger partial charge < -0.3 is 15.0 Å². The number of anilines is 1. The second kappa shape index (κ2) is 8.56. The first-order valence-electron chi connectivity index (χ1n) is 7.65. The lowest BCUT2D eigenvalue weighted by atomic mass is 10.2. The summed E-state index contributed by atoms with van der Waals surface area (Å²) in [7, 11) is 1.68. The molecule has 1 aliphatic rings. The van der Waals surface area contributed by atoms with Gasteiger partial charge in [-0.2, -0.15) is 0 Å². The summed E-state index contributed by atoms with van der Waals surface area (Å²) in [4.78, 5) is 22.7. The third kappa shape index (κ3) is 4.97. The Morgan fingerprint density at radius 1 is 1.24 bits per heavy atom. The van der Waals surface area contributed by atoms with Crippen LogP contribution in [0.5, 0.6) is 0 Å². The van der Waals surface area contributed by atoms with E-state index in [0.717, 1.165) is 38.9 Å². The average Bonchev–Trinajstić information content (AvgIpc) is 2.81. The van der Waals surface area contributed by atoms with Crippen LogP contribution >= 0.6 is 0 Å². The SMILES string of the molecule is COCCCNc1ncc(C(=O)N2CCCCCC2)cn1. The van der Waals surface area contributed by atoms with E-state index in [-0.39, 0.29) is 5.91 Å². The van der Waals surface area contributed by atoms with E-state index >= 15 is 0 Å². The number of likely N-dealkylation sites (tertiary alicyclic amines) is 1. The fourth-order valence-electron chi connectivity index (χ4n) is 2.40. The highest BCUT2D eigenvalue weighted by Crippen LogP contribution is 2.13. The third-order valence-electron chi connectivity index (χ3n) is 3.60. The summed E-state index contributed by atoms with van der Waals surface area (Å²) in [5.74, 6) is 0.598. The van der Waals surface area contributed by atoms with Crippen LogP contribution in [0.15, 0.2) is 12.4 Å². The van der Waals surface area contributed by atoms with E-state index < -0.39 is 0 Å². The van der Waals surface area contributed by atoms with Crippen molar-refractivity contribution in [3.63, 3.8) is 0 Å². The Balaban J connectivity index is 1.86. The molecule has 2 heterocycles. The second-order valence-corrected chi connectivity index (χ2v) is 5.27. The molecule has 0 aliphatic carbocycles. The molecular weight excluding hydrogens is 268 g/mol. The molecule has 2 rings (SSSR count). The Labute approximate surface area is 125 Å². The van der Waals surface area contributed by atoms with E-state index in [0.29, 0.717) is 18.1 Å². The highest BCUT2D eigenvalue weighted by atomic mass is 16.5. The number of ether oxygens (including phenoxy) is 1. The van der Waals surface area contributed by atoms with Crippen LogP contribution in [0.3, 0.4) is 0 Å². The van der Waals surface area contributed by atoms with Gasteiger partial charge in [-0.3, -0.25) is 4.79 Å². The lowest BCUT2D eigenvalue weighted by molar-refractivity contribution is 0.0761. The summed E-state index contributed by atoms with van der Waals surface area (Å²) in [6, 6.07) is 0. The van der Waals surface area contributed by atoms with Gasteiger partial charge in [0, 0.05) is 45.7 Å². The van der Waals surface area contributed by atoms with Gasteiger partial charge in [-0.15, -0.1) is 0 Å². The predicted octanol–water partition coefficient (Wildman–Crippen LogP) is 1.94. The number of hydrogen-bond donors (Lipinski definition) is 1. The summed E-state index contributed by atoms with van der Waals surface area (Å²) < 4.78 is 4.98. The van der Waals surface area contributed by atoms with Crippen LogP contribution in [0.25, 0.3) is 0 Å². The molecule has 0 aromatic carbocycles. The molecule has 6 nitrogen and oxygen atoms in total. The van der Waals surface area contributed by atoms with Gasteiger partial charge in [0.1, 0.15) is 0 Å². The number of methoxy groups -OCH3 is 1. The Morgan fingerprint density at radius 2 is 1.90 bits per heavy atom. The maximum Gasteiger partial charge on any atom is 0.256 e. The summed E-state index contributed by atoms with van der Waals surface area (Å²) in [6.07, 6.45) is 8.72. The quantitative estimate of drug-likeness (QED) is 0.812. The standard InChI is InChI=1S/C15H24N4O2/c1-21-10-6-7-16-15-17-11-13(12-18-15)14(20)19-8-4-2-3-5-9-19/h11-12H,2-10H2,1H3,(H,16,17,18). The predicted molar refractivity (Wildman–Crippen MR) is 81.4 cm³/mol. The molecular formula is C15H24N4O2. The van der Waals surface area contributed by atoms with Crippen LogP contribution < -0.4 is 5.32 Å². The number of hydrogen-bond acceptors (Lipinski definition) is 5. The van der Waals surface area contributed by atoms with Crippen molar-refractivity contribution in [3.05, 3.63) is 18.0 Å². The van der Waals surface area contributed by atoms with Crippen molar-refractivity contribution in [1.82, 2.24) is 14.9 Å². The highest BCUT2D eigenvalue weighted by Gasteiger charge is 2.17. The number of amides is 1. The van der Waals surface area contributed by atoms with E-state index in [9.17, 15) is 4.79 Å². The molecule has 0 atom stereocenters. The van der Waals surface area contributed by atoms with E-state index in [1.54, 1.807) is 19.5 Å². The van der Waals surface area contributed by atoms with E-state index in [2.05, 4.69) is 15.3 Å². The molecule has 0 unspecified atom stereocenters. The molecule has 1 N–H and O–H groups in total. The average molecular weight is 292 g/mol. The number of rotatable bonds is 6. The number of nitrogens with zero attached hydrogens (tertiary/aromatic N) is 3. The monoisotopic (exact) mass is 292 g/mol. The van der Waals surface area contributed by atoms with Crippen LogP contribution in [-0.4, -0.2) is 54.1 Å². The van der Waals surface area contributed by atoms with Gasteiger partial charge in [-0.1, -0.05) is 12.8 Å². The third-order valence-corrected chi connectivity index (χ3v) is 3.60. The fraction of sp³-hybridized carbons (Fsp3) is 0.667. The maximum absolute atomic E-state index is 12.4. The van der Waals surface area contributed by atoms with Crippen LogP contribution in [0.2, 0.25) is 0 Å². The van der Waals surface area contributed by atoms with Gasteiger partial charge in [0.05, 0.1) is 5.56 Å². The van der Waals surface area contributed by atoms with Crippen molar-refractivity contribution in [3.8, 4) is 0 Å². The molecule has 0 saturated carbocycles. The van der Waals surface area contributed by atoms with Crippen molar-refractivity contribution in [1.29, 1.82) is 0 Å². The molecule has 1 fully saturated rings. The summed E-state index contributed by atoms with van der Waals surface area (Å²) in [5, 5.41) is 3.11. The molecule has 1 saturated heterocycles. The summed E-state index contributed by atoms with van der Waals surface area (Å²) in [5.41, 5.74) is 0.569. The molecule has 116 valence electrons. The van der Waals surface area contributed by atoms with Crippen LogP contribution in [0.1, 0.15) is 42.5 Å². The molecule has 1 aliphatic heterocycles. The van der Waals surface area contributed by atoms with Gasteiger partial charge in [-0.05, 0) is 19.3 Å². The minimum atomic E-state index is 0.0443. The normalized spacial score (nSPS) is 15.6. The number of carbonyl (C=O) groups is 1. The molecule has 0 bridgehead atoms. The molecule has 0 spiro atoms. The van der Waals surface area contributed by atoms with Gasteiger partial charge >= 0.3 is 0 Å². The van der Waals surface area contributed by atoms with Gasteiger partial charge in [-0.25, -0.2) is 9.97 Å². The smallest absolute Gasteiger partial charge is 0.256 e. The molecule has 21 heavy (non-hydrogen) atoms. The van der Waals surface area contributed by atoms with E-state index in [1.807, 2.05) is 4.90 Å². The van der Waals surface area contributed by atoms with Gasteiger partial charge in [0.15, 0.2) is 0 Å². The Kier molecular flexibility index (Phi) is 6.40. The summed E-state index contributed by atoms with van der Waals surface area (Å²) >= 11 is 0. The Morgan fingerprint density at radius 3 is 2.52 bits per heavy atom. The molecule has 6 heteroatoms. The number of nitrogens with one attached hydrogen (secondary N) is 1. The van der Waals surface area contributed by atoms with Gasteiger partial charge in [0.2, 0.25) is 5.95 Å². The topological polar surface area (TPSA) is 67.3 Å². The zero-order chi connectivity index (χ0) is 14.9. The van der Waals surface area contributed by atoms with Gasteiger partial charge in [0.25, 0.3) is 5.91 Å². The van der Waals surface area contributed by atoms with Crippen molar-refractivity contribution in [2.24, 2.45) is 0 Å².